The first-order valence-electron chi connectivity index (χ1n) is 0.651. The van der Waals surface area contributed by atoms with Gasteiger partial charge < -0.3 is 59.8 Å². The van der Waals surface area contributed by atoms with Crippen molar-refractivity contribution in [1.82, 2.24) is 0 Å². The second kappa shape index (κ2) is 46.5. The zero-order valence-corrected chi connectivity index (χ0v) is 11.3. The molecule has 3 nitrogen and oxygen atoms in total. The van der Waals surface area contributed by atoms with Crippen molar-refractivity contribution in [3.63, 3.8) is 0 Å². The summed E-state index contributed by atoms with van der Waals surface area (Å²) in [5, 5.41) is 13.9. The maximum Gasteiger partial charge on any atom is 2.00 e. The molecule has 0 saturated carbocycles. The van der Waals surface area contributed by atoms with E-state index in [4.69, 9.17) is 15.0 Å². The van der Waals surface area contributed by atoms with E-state index in [0.29, 0.717) is 0 Å². The van der Waals surface area contributed by atoms with Crippen LogP contribution in [0.2, 0.25) is 0 Å². The molecule has 0 rings (SSSR count). The molecule has 0 fully saturated rings. The van der Waals surface area contributed by atoms with Crippen molar-refractivity contribution in [2.24, 2.45) is 0 Å². The van der Waals surface area contributed by atoms with E-state index >= 15 is 0 Å². The van der Waals surface area contributed by atoms with E-state index in [0.717, 1.165) is 0 Å². The predicted molar refractivity (Wildman–Crippen MR) is 10.7 cm³/mol. The van der Waals surface area contributed by atoms with Crippen LogP contribution in [0.25, 0.3) is 0 Å². The van der Waals surface area contributed by atoms with Crippen molar-refractivity contribution in [3.05, 3.63) is 0 Å². The Morgan fingerprint density at radius 3 is 0.900 bits per heavy atom. The number of hydrogen-bond donors (Lipinski definition) is 2. The zero-order chi connectivity index (χ0) is 3.58. The minimum absolute atomic E-state index is 0. The fourth-order valence-corrected chi connectivity index (χ4v) is 0. The molecular formula is CH2Cl4NiO3Zn. The first-order chi connectivity index (χ1) is 1.73. The minimum Gasteiger partial charge on any atom is -1.00 e. The van der Waals surface area contributed by atoms with Crippen LogP contribution in [-0.2, 0) is 36.0 Å². The summed E-state index contributed by atoms with van der Waals surface area (Å²) in [6.07, 6.45) is -1.83. The van der Waals surface area contributed by atoms with Gasteiger partial charge in [-0.3, -0.25) is 0 Å². The maximum atomic E-state index is 8.56. The molecule has 0 saturated heterocycles. The van der Waals surface area contributed by atoms with E-state index in [1.165, 1.54) is 0 Å². The van der Waals surface area contributed by atoms with Crippen molar-refractivity contribution in [3.8, 4) is 0 Å². The first-order valence-corrected chi connectivity index (χ1v) is 0.651. The SMILES string of the molecule is O=C(O)O.[Cl-].[Cl-].[Cl-].[Cl-].[Ni+2].[Zn+2]. The summed E-state index contributed by atoms with van der Waals surface area (Å²) >= 11 is 0. The summed E-state index contributed by atoms with van der Waals surface area (Å²) in [5.41, 5.74) is 0. The largest absolute Gasteiger partial charge is 2.00 e. The van der Waals surface area contributed by atoms with Crippen LogP contribution >= 0.6 is 0 Å². The number of hydrogen-bond acceptors (Lipinski definition) is 1. The molecular weight excluding hydrogens is 326 g/mol. The van der Waals surface area contributed by atoms with E-state index in [1.807, 2.05) is 0 Å². The van der Waals surface area contributed by atoms with Gasteiger partial charge in [-0.15, -0.1) is 0 Å². The van der Waals surface area contributed by atoms with E-state index in [1.54, 1.807) is 0 Å². The normalized spacial score (nSPS) is 2.40. The quantitative estimate of drug-likeness (QED) is 0.435. The van der Waals surface area contributed by atoms with Crippen molar-refractivity contribution in [2.75, 3.05) is 0 Å². The summed E-state index contributed by atoms with van der Waals surface area (Å²) < 4.78 is 0. The van der Waals surface area contributed by atoms with Crippen LogP contribution in [0, 0.1) is 0 Å². The molecule has 0 aliphatic rings. The van der Waals surface area contributed by atoms with Crippen molar-refractivity contribution in [2.45, 2.75) is 0 Å². The van der Waals surface area contributed by atoms with Gasteiger partial charge in [-0.05, 0) is 0 Å². The average Bonchev–Trinajstić information content (AvgIpc) is 0.811. The molecule has 0 heterocycles. The Hall–Kier alpha value is 1.55. The molecule has 0 unspecified atom stereocenters. The van der Waals surface area contributed by atoms with Crippen LogP contribution in [0.3, 0.4) is 0 Å². The molecule has 0 atom stereocenters. The monoisotopic (exact) mass is 324 g/mol. The van der Waals surface area contributed by atoms with E-state index in [-0.39, 0.29) is 85.6 Å². The second-order valence-corrected chi connectivity index (χ2v) is 0.283. The fourth-order valence-electron chi connectivity index (χ4n) is 0. The van der Waals surface area contributed by atoms with Gasteiger partial charge in [0.25, 0.3) is 0 Å². The molecule has 0 aliphatic heterocycles. The Morgan fingerprint density at radius 2 is 0.900 bits per heavy atom. The molecule has 0 aliphatic carbocycles. The Balaban J connectivity index is -0.00000000300. The molecule has 64 valence electrons. The van der Waals surface area contributed by atoms with Crippen LogP contribution in [0.4, 0.5) is 4.79 Å². The molecule has 0 spiro atoms. The van der Waals surface area contributed by atoms with Gasteiger partial charge in [-0.2, -0.15) is 0 Å². The summed E-state index contributed by atoms with van der Waals surface area (Å²) in [6.45, 7) is 0. The zero-order valence-electron chi connectivity index (χ0n) is 4.34. The number of carboxylic acid groups (broad SMARTS) is 2. The van der Waals surface area contributed by atoms with E-state index in [2.05, 4.69) is 0 Å². The van der Waals surface area contributed by atoms with Gasteiger partial charge in [0, 0.05) is 0 Å². The molecule has 0 bridgehead atoms. The van der Waals surface area contributed by atoms with Crippen molar-refractivity contribution < 1.29 is 101 Å². The molecule has 0 aromatic rings. The third-order valence-corrected chi connectivity index (χ3v) is 0. The van der Waals surface area contributed by atoms with Crippen molar-refractivity contribution in [1.29, 1.82) is 0 Å². The van der Waals surface area contributed by atoms with Gasteiger partial charge in [0.2, 0.25) is 0 Å². The van der Waals surface area contributed by atoms with E-state index < -0.39 is 6.16 Å². The summed E-state index contributed by atoms with van der Waals surface area (Å²) in [6, 6.07) is 0. The van der Waals surface area contributed by atoms with Gasteiger partial charge in [0.05, 0.1) is 0 Å². The summed E-state index contributed by atoms with van der Waals surface area (Å²) in [5.74, 6) is 0. The molecule has 0 amide bonds. The van der Waals surface area contributed by atoms with Gasteiger partial charge in [0.1, 0.15) is 0 Å². The summed E-state index contributed by atoms with van der Waals surface area (Å²) in [7, 11) is 0. The number of rotatable bonds is 0. The Bertz CT molecular complexity index is 43.5. The minimum atomic E-state index is -1.83. The molecule has 0 aromatic carbocycles. The standard InChI is InChI=1S/CH2O3.4ClH.Ni.Zn/c2-1(3)4;;;;;;/h(H2,2,3,4);4*1H;;/q;;;;;2*+2/p-4. The topological polar surface area (TPSA) is 57.5 Å². The molecule has 2 N–H and O–H groups in total. The maximum absolute atomic E-state index is 8.56. The Kier molecular flexibility index (Phi) is 289. The Morgan fingerprint density at radius 1 is 0.900 bits per heavy atom. The van der Waals surface area contributed by atoms with Gasteiger partial charge in [-0.1, -0.05) is 0 Å². The smallest absolute Gasteiger partial charge is 1.00 e. The second-order valence-electron chi connectivity index (χ2n) is 0.283. The fraction of sp³-hybridized carbons (Fsp3) is 0. The van der Waals surface area contributed by atoms with Gasteiger partial charge in [0.15, 0.2) is 0 Å². The predicted octanol–water partition coefficient (Wildman–Crippen LogP) is -11.8. The number of halogens is 4. The Labute approximate surface area is 106 Å². The van der Waals surface area contributed by atoms with Crippen LogP contribution in [0.5, 0.6) is 0 Å². The van der Waals surface area contributed by atoms with Crippen LogP contribution in [0.1, 0.15) is 0 Å². The van der Waals surface area contributed by atoms with Crippen molar-refractivity contribution >= 4 is 6.16 Å². The third-order valence-electron chi connectivity index (χ3n) is 0. The van der Waals surface area contributed by atoms with Gasteiger partial charge >= 0.3 is 42.1 Å². The van der Waals surface area contributed by atoms with Crippen LogP contribution in [-0.4, -0.2) is 16.4 Å². The molecule has 10 heavy (non-hydrogen) atoms. The number of carbonyl (C=O) groups is 1. The van der Waals surface area contributed by atoms with Crippen LogP contribution in [0.15, 0.2) is 0 Å². The summed E-state index contributed by atoms with van der Waals surface area (Å²) in [4.78, 5) is 8.56. The third kappa shape index (κ3) is 291. The first kappa shape index (κ1) is 62.1. The van der Waals surface area contributed by atoms with E-state index in [9.17, 15) is 0 Å². The van der Waals surface area contributed by atoms with Crippen LogP contribution < -0.4 is 49.6 Å². The molecule has 0 radical (unpaired) electrons. The average molecular weight is 328 g/mol. The van der Waals surface area contributed by atoms with Gasteiger partial charge in [-0.25, -0.2) is 4.79 Å². The molecule has 0 aromatic heterocycles. The molecule has 9 heteroatoms.